The Morgan fingerprint density at radius 1 is 1.36 bits per heavy atom. The Kier molecular flexibility index (Phi) is 3.04. The molecule has 3 unspecified atom stereocenters. The third-order valence-corrected chi connectivity index (χ3v) is 2.77. The highest BCUT2D eigenvalue weighted by molar-refractivity contribution is 7.76. The van der Waals surface area contributed by atoms with Crippen LogP contribution < -0.4 is 0 Å². The first kappa shape index (κ1) is 9.16. The van der Waals surface area contributed by atoms with Gasteiger partial charge in [0.1, 0.15) is 0 Å². The van der Waals surface area contributed by atoms with Crippen molar-refractivity contribution in [3.63, 3.8) is 0 Å². The molecule has 0 aromatic rings. The van der Waals surface area contributed by atoms with Crippen LogP contribution >= 0.6 is 0 Å². The summed E-state index contributed by atoms with van der Waals surface area (Å²) in [6, 6.07) is 0. The van der Waals surface area contributed by atoms with E-state index in [0.717, 1.165) is 6.42 Å². The van der Waals surface area contributed by atoms with E-state index in [-0.39, 0.29) is 0 Å². The first-order chi connectivity index (χ1) is 5.09. The van der Waals surface area contributed by atoms with Crippen LogP contribution in [0.25, 0.3) is 0 Å². The second kappa shape index (κ2) is 3.65. The summed E-state index contributed by atoms with van der Waals surface area (Å²) >= 11 is -2.01. The van der Waals surface area contributed by atoms with E-state index in [9.17, 15) is 8.76 Å². The fourth-order valence-electron chi connectivity index (χ4n) is 1.73. The van der Waals surface area contributed by atoms with Gasteiger partial charge in [-0.1, -0.05) is 13.8 Å². The molecule has 0 aromatic heterocycles. The summed E-state index contributed by atoms with van der Waals surface area (Å²) in [6.07, 6.45) is 1.15. The molecular weight excluding hydrogens is 162 g/mol. The Morgan fingerprint density at radius 3 is 2.18 bits per heavy atom. The topological polar surface area (TPSA) is 43.4 Å². The molecule has 1 heterocycles. The summed E-state index contributed by atoms with van der Waals surface area (Å²) in [6.45, 7) is 5.58. The summed E-state index contributed by atoms with van der Waals surface area (Å²) < 4.78 is 22.7. The molecule has 0 aromatic carbocycles. The Morgan fingerprint density at radius 2 is 1.82 bits per heavy atom. The van der Waals surface area contributed by atoms with Crippen LogP contribution in [0.15, 0.2) is 0 Å². The zero-order valence-corrected chi connectivity index (χ0v) is 7.76. The Hall–Kier alpha value is 0.0700. The van der Waals surface area contributed by atoms with Crippen LogP contribution in [-0.2, 0) is 11.3 Å². The second-order valence-corrected chi connectivity index (χ2v) is 4.46. The molecule has 66 valence electrons. The number of piperidine rings is 1. The third kappa shape index (κ3) is 2.54. The molecular formula is C7H14NO2S-. The highest BCUT2D eigenvalue weighted by Gasteiger charge is 2.21. The van der Waals surface area contributed by atoms with E-state index in [1.807, 2.05) is 0 Å². The molecule has 1 saturated heterocycles. The van der Waals surface area contributed by atoms with Crippen molar-refractivity contribution >= 4 is 11.3 Å². The van der Waals surface area contributed by atoms with Crippen molar-refractivity contribution in [2.24, 2.45) is 11.8 Å². The van der Waals surface area contributed by atoms with Crippen molar-refractivity contribution in [1.29, 1.82) is 0 Å². The van der Waals surface area contributed by atoms with Gasteiger partial charge >= 0.3 is 0 Å². The average molecular weight is 176 g/mol. The summed E-state index contributed by atoms with van der Waals surface area (Å²) in [5.74, 6) is 1.02. The van der Waals surface area contributed by atoms with Crippen LogP contribution in [0.1, 0.15) is 20.3 Å². The average Bonchev–Trinajstić information content (AvgIpc) is 1.85. The van der Waals surface area contributed by atoms with E-state index in [0.29, 0.717) is 24.9 Å². The molecule has 0 N–H and O–H groups in total. The molecule has 0 amide bonds. The molecule has 3 atom stereocenters. The molecule has 1 aliphatic rings. The Balaban J connectivity index is 2.49. The smallest absolute Gasteiger partial charge is 0.0209 e. The van der Waals surface area contributed by atoms with Crippen LogP contribution in [0.4, 0.5) is 0 Å². The lowest BCUT2D eigenvalue weighted by Crippen LogP contribution is -2.39. The fourth-order valence-corrected chi connectivity index (χ4v) is 2.48. The van der Waals surface area contributed by atoms with Crippen LogP contribution in [0, 0.1) is 11.8 Å². The maximum absolute atomic E-state index is 10.6. The predicted octanol–water partition coefficient (Wildman–Crippen LogP) is 0.758. The normalized spacial score (nSPS) is 37.0. The quantitative estimate of drug-likeness (QED) is 0.553. The lowest BCUT2D eigenvalue weighted by molar-refractivity contribution is 0.218. The number of rotatable bonds is 1. The molecule has 0 bridgehead atoms. The summed E-state index contributed by atoms with van der Waals surface area (Å²) in [5.41, 5.74) is 0. The standard InChI is InChI=1S/C7H15NO2S/c1-6-3-7(2)5-8(4-6)11(9)10/h6-7H,3-5H2,1-2H3,(H,9,10)/p-1. The summed E-state index contributed by atoms with van der Waals surface area (Å²) in [7, 11) is 0. The summed E-state index contributed by atoms with van der Waals surface area (Å²) in [5, 5.41) is 0. The lowest BCUT2D eigenvalue weighted by atomic mass is 9.94. The largest absolute Gasteiger partial charge is 0.760 e. The van der Waals surface area contributed by atoms with Crippen molar-refractivity contribution in [2.45, 2.75) is 20.3 Å². The molecule has 0 aliphatic carbocycles. The first-order valence-corrected chi connectivity index (χ1v) is 4.97. The summed E-state index contributed by atoms with van der Waals surface area (Å²) in [4.78, 5) is 0. The van der Waals surface area contributed by atoms with Gasteiger partial charge in [-0.15, -0.1) is 0 Å². The zero-order valence-electron chi connectivity index (χ0n) is 6.95. The van der Waals surface area contributed by atoms with Gasteiger partial charge in [0.2, 0.25) is 0 Å². The van der Waals surface area contributed by atoms with Crippen molar-refractivity contribution < 1.29 is 8.76 Å². The van der Waals surface area contributed by atoms with Gasteiger partial charge in [-0.3, -0.25) is 4.21 Å². The molecule has 1 rings (SSSR count). The Labute approximate surface area is 70.2 Å². The van der Waals surface area contributed by atoms with Gasteiger partial charge in [-0.2, -0.15) is 0 Å². The van der Waals surface area contributed by atoms with E-state index < -0.39 is 11.3 Å². The van der Waals surface area contributed by atoms with Crippen LogP contribution in [0.5, 0.6) is 0 Å². The van der Waals surface area contributed by atoms with E-state index in [2.05, 4.69) is 13.8 Å². The second-order valence-electron chi connectivity index (χ2n) is 3.51. The zero-order chi connectivity index (χ0) is 8.43. The maximum Gasteiger partial charge on any atom is 0.0209 e. The molecule has 1 aliphatic heterocycles. The van der Waals surface area contributed by atoms with E-state index in [4.69, 9.17) is 0 Å². The van der Waals surface area contributed by atoms with E-state index in [1.54, 1.807) is 0 Å². The van der Waals surface area contributed by atoms with Gasteiger partial charge in [-0.25, -0.2) is 4.31 Å². The van der Waals surface area contributed by atoms with Gasteiger partial charge < -0.3 is 4.55 Å². The number of nitrogens with zero attached hydrogens (tertiary/aromatic N) is 1. The molecule has 0 spiro atoms. The van der Waals surface area contributed by atoms with Gasteiger partial charge in [0.25, 0.3) is 0 Å². The molecule has 11 heavy (non-hydrogen) atoms. The van der Waals surface area contributed by atoms with Gasteiger partial charge in [0.15, 0.2) is 0 Å². The monoisotopic (exact) mass is 176 g/mol. The molecule has 3 nitrogen and oxygen atoms in total. The van der Waals surface area contributed by atoms with Gasteiger partial charge in [-0.05, 0) is 18.3 Å². The fraction of sp³-hybridized carbons (Fsp3) is 1.00. The first-order valence-electron chi connectivity index (χ1n) is 3.94. The molecule has 0 saturated carbocycles. The number of hydrogen-bond acceptors (Lipinski definition) is 2. The minimum absolute atomic E-state index is 0.511. The van der Waals surface area contributed by atoms with Crippen molar-refractivity contribution in [3.8, 4) is 0 Å². The predicted molar refractivity (Wildman–Crippen MR) is 43.4 cm³/mol. The minimum atomic E-state index is -2.01. The Bertz CT molecular complexity index is 153. The van der Waals surface area contributed by atoms with Gasteiger partial charge in [0, 0.05) is 24.4 Å². The minimum Gasteiger partial charge on any atom is -0.760 e. The van der Waals surface area contributed by atoms with E-state index >= 15 is 0 Å². The van der Waals surface area contributed by atoms with Crippen molar-refractivity contribution in [3.05, 3.63) is 0 Å². The maximum atomic E-state index is 10.6. The third-order valence-electron chi connectivity index (χ3n) is 2.05. The van der Waals surface area contributed by atoms with Crippen molar-refractivity contribution in [1.82, 2.24) is 4.31 Å². The highest BCUT2D eigenvalue weighted by atomic mass is 32.2. The SMILES string of the molecule is CC1CC(C)CN(S(=O)[O-])C1. The molecule has 4 heteroatoms. The van der Waals surface area contributed by atoms with Gasteiger partial charge in [0.05, 0.1) is 0 Å². The lowest BCUT2D eigenvalue weighted by Gasteiger charge is -2.35. The number of hydrogen-bond donors (Lipinski definition) is 0. The highest BCUT2D eigenvalue weighted by Crippen LogP contribution is 2.21. The van der Waals surface area contributed by atoms with Crippen LogP contribution in [0.2, 0.25) is 0 Å². The molecule has 1 fully saturated rings. The van der Waals surface area contributed by atoms with Crippen molar-refractivity contribution in [2.75, 3.05) is 13.1 Å². The van der Waals surface area contributed by atoms with E-state index in [1.165, 1.54) is 4.31 Å². The molecule has 0 radical (unpaired) electrons. The van der Waals surface area contributed by atoms with Crippen LogP contribution in [-0.4, -0.2) is 26.2 Å². The van der Waals surface area contributed by atoms with Crippen LogP contribution in [0.3, 0.4) is 0 Å².